The van der Waals surface area contributed by atoms with E-state index in [0.29, 0.717) is 6.04 Å². The number of pyridine rings is 1. The Morgan fingerprint density at radius 3 is 2.83 bits per heavy atom. The fourth-order valence-corrected chi connectivity index (χ4v) is 2.36. The number of nitrogens with zero attached hydrogens (tertiary/aromatic N) is 1. The lowest BCUT2D eigenvalue weighted by atomic mass is 10.0. The molecule has 0 aliphatic carbocycles. The lowest BCUT2D eigenvalue weighted by molar-refractivity contribution is -0.148. The molecule has 1 amide bonds. The average Bonchev–Trinajstić information content (AvgIpc) is 2.53. The normalized spacial score (nSPS) is 21.6. The number of carbonyl (C=O) groups excluding carboxylic acids is 1. The first-order chi connectivity index (χ1) is 11.3. The molecule has 2 heterocycles. The zero-order chi connectivity index (χ0) is 17.7. The molecule has 1 aliphatic heterocycles. The number of aromatic nitrogens is 1. The van der Waals surface area contributed by atoms with Crippen LogP contribution in [0, 0.1) is 0 Å². The molecule has 0 spiro atoms. The van der Waals surface area contributed by atoms with Crippen molar-refractivity contribution in [3.63, 3.8) is 0 Å². The minimum absolute atomic E-state index is 0.0504. The van der Waals surface area contributed by atoms with Gasteiger partial charge in [-0.2, -0.15) is 8.78 Å². The summed E-state index contributed by atoms with van der Waals surface area (Å²) in [6.45, 7) is 1.37. The van der Waals surface area contributed by atoms with Gasteiger partial charge >= 0.3 is 12.3 Å². The van der Waals surface area contributed by atoms with Crippen LogP contribution in [0.1, 0.15) is 30.1 Å². The molecule has 9 heteroatoms. The average molecular weight is 349 g/mol. The Balaban J connectivity index is 1.88. The van der Waals surface area contributed by atoms with Crippen LogP contribution in [0.15, 0.2) is 18.3 Å². The van der Waals surface area contributed by atoms with E-state index in [2.05, 4.69) is 20.4 Å². The van der Waals surface area contributed by atoms with Gasteiger partial charge in [-0.1, -0.05) is 0 Å². The molecule has 0 radical (unpaired) electrons. The number of carbonyl (C=O) groups is 1. The number of alkyl halides is 4. The van der Waals surface area contributed by atoms with Gasteiger partial charge in [0.25, 0.3) is 5.91 Å². The predicted octanol–water partition coefficient (Wildman–Crippen LogP) is 2.23. The first-order valence-electron chi connectivity index (χ1n) is 7.57. The van der Waals surface area contributed by atoms with Crippen molar-refractivity contribution in [3.05, 3.63) is 23.9 Å². The lowest BCUT2D eigenvalue weighted by Gasteiger charge is -2.28. The van der Waals surface area contributed by atoms with E-state index in [-0.39, 0.29) is 23.4 Å². The maximum atomic E-state index is 12.8. The Labute approximate surface area is 136 Å². The van der Waals surface area contributed by atoms with Gasteiger partial charge in [-0.3, -0.25) is 4.79 Å². The van der Waals surface area contributed by atoms with Crippen molar-refractivity contribution >= 4 is 5.91 Å². The first kappa shape index (κ1) is 18.4. The molecule has 1 aromatic heterocycles. The smallest absolute Gasteiger partial charge is 0.340 e. The highest BCUT2D eigenvalue weighted by Crippen LogP contribution is 2.23. The summed E-state index contributed by atoms with van der Waals surface area (Å²) >= 11 is 0. The maximum absolute atomic E-state index is 12.8. The standard InChI is InChI=1S/C15H19F4N3O2/c1-9-6-11(4-5-20-9)22-13(23)10-2-3-12(21-7-10)24-8-15(18,19)14(16)17/h2-3,7,9,11,14,20H,4-6,8H2,1H3,(H,22,23). The van der Waals surface area contributed by atoms with E-state index in [9.17, 15) is 22.4 Å². The number of halogens is 4. The van der Waals surface area contributed by atoms with Gasteiger partial charge < -0.3 is 15.4 Å². The third-order valence-corrected chi connectivity index (χ3v) is 3.69. The summed E-state index contributed by atoms with van der Waals surface area (Å²) in [6, 6.07) is 2.91. The van der Waals surface area contributed by atoms with Crippen molar-refractivity contribution in [2.45, 2.75) is 44.2 Å². The van der Waals surface area contributed by atoms with Crippen LogP contribution >= 0.6 is 0 Å². The SMILES string of the molecule is CC1CC(NC(=O)c2ccc(OCC(F)(F)C(F)F)nc2)CCN1. The first-order valence-corrected chi connectivity index (χ1v) is 7.57. The Bertz CT molecular complexity index is 554. The Morgan fingerprint density at radius 1 is 1.50 bits per heavy atom. The summed E-state index contributed by atoms with van der Waals surface area (Å²) in [6.07, 6.45) is -1.03. The topological polar surface area (TPSA) is 63.2 Å². The molecule has 1 fully saturated rings. The van der Waals surface area contributed by atoms with Crippen LogP contribution in [0.25, 0.3) is 0 Å². The number of rotatable bonds is 6. The van der Waals surface area contributed by atoms with Gasteiger partial charge in [0.05, 0.1) is 5.56 Å². The summed E-state index contributed by atoms with van der Waals surface area (Å²) in [7, 11) is 0. The molecule has 5 nitrogen and oxygen atoms in total. The number of hydrogen-bond donors (Lipinski definition) is 2. The van der Waals surface area contributed by atoms with E-state index in [1.165, 1.54) is 12.1 Å². The van der Waals surface area contributed by atoms with Gasteiger partial charge in [-0.05, 0) is 32.4 Å². The molecule has 2 rings (SSSR count). The molecule has 0 bridgehead atoms. The van der Waals surface area contributed by atoms with E-state index in [4.69, 9.17) is 0 Å². The molecule has 2 atom stereocenters. The lowest BCUT2D eigenvalue weighted by Crippen LogP contribution is -2.46. The van der Waals surface area contributed by atoms with E-state index < -0.39 is 19.0 Å². The summed E-state index contributed by atoms with van der Waals surface area (Å²) in [5, 5.41) is 6.15. The van der Waals surface area contributed by atoms with Crippen LogP contribution in [0.4, 0.5) is 17.6 Å². The zero-order valence-corrected chi connectivity index (χ0v) is 13.1. The zero-order valence-electron chi connectivity index (χ0n) is 13.1. The van der Waals surface area contributed by atoms with Crippen LogP contribution < -0.4 is 15.4 Å². The van der Waals surface area contributed by atoms with Crippen molar-refractivity contribution in [2.24, 2.45) is 0 Å². The summed E-state index contributed by atoms with van der Waals surface area (Å²) in [5.41, 5.74) is 0.245. The van der Waals surface area contributed by atoms with Gasteiger partial charge in [0.2, 0.25) is 5.88 Å². The largest absolute Gasteiger partial charge is 0.471 e. The highest BCUT2D eigenvalue weighted by atomic mass is 19.3. The number of nitrogens with one attached hydrogen (secondary N) is 2. The molecule has 1 saturated heterocycles. The molecule has 24 heavy (non-hydrogen) atoms. The second-order valence-electron chi connectivity index (χ2n) is 5.79. The fraction of sp³-hybridized carbons (Fsp3) is 0.600. The molecular formula is C15H19F4N3O2. The second kappa shape index (κ2) is 7.78. The van der Waals surface area contributed by atoms with Gasteiger partial charge in [-0.25, -0.2) is 13.8 Å². The fourth-order valence-electron chi connectivity index (χ4n) is 2.36. The molecule has 134 valence electrons. The Hall–Kier alpha value is -1.90. The highest BCUT2D eigenvalue weighted by Gasteiger charge is 2.41. The summed E-state index contributed by atoms with van der Waals surface area (Å²) in [5.74, 6) is -4.82. The molecule has 1 aromatic rings. The summed E-state index contributed by atoms with van der Waals surface area (Å²) < 4.78 is 54.1. The van der Waals surface area contributed by atoms with Crippen LogP contribution in [0.2, 0.25) is 0 Å². The number of hydrogen-bond acceptors (Lipinski definition) is 4. The van der Waals surface area contributed by atoms with Crippen molar-refractivity contribution in [2.75, 3.05) is 13.2 Å². The minimum atomic E-state index is -4.25. The van der Waals surface area contributed by atoms with Crippen molar-refractivity contribution < 1.29 is 27.1 Å². The van der Waals surface area contributed by atoms with Gasteiger partial charge in [-0.15, -0.1) is 0 Å². The molecular weight excluding hydrogens is 330 g/mol. The van der Waals surface area contributed by atoms with Gasteiger partial charge in [0.15, 0.2) is 6.61 Å². The van der Waals surface area contributed by atoms with Crippen molar-refractivity contribution in [1.29, 1.82) is 0 Å². The van der Waals surface area contributed by atoms with Crippen LogP contribution in [-0.4, -0.2) is 48.5 Å². The van der Waals surface area contributed by atoms with Crippen molar-refractivity contribution in [3.8, 4) is 5.88 Å². The number of amides is 1. The number of ether oxygens (including phenoxy) is 1. The Morgan fingerprint density at radius 2 is 2.25 bits per heavy atom. The second-order valence-corrected chi connectivity index (χ2v) is 5.79. The quantitative estimate of drug-likeness (QED) is 0.773. The summed E-state index contributed by atoms with van der Waals surface area (Å²) in [4.78, 5) is 15.8. The van der Waals surface area contributed by atoms with Crippen LogP contribution in [0.5, 0.6) is 5.88 Å². The third-order valence-electron chi connectivity index (χ3n) is 3.69. The highest BCUT2D eigenvalue weighted by molar-refractivity contribution is 5.94. The Kier molecular flexibility index (Phi) is 5.98. The van der Waals surface area contributed by atoms with Crippen LogP contribution in [-0.2, 0) is 0 Å². The van der Waals surface area contributed by atoms with E-state index in [1.54, 1.807) is 0 Å². The predicted molar refractivity (Wildman–Crippen MR) is 78.6 cm³/mol. The third kappa shape index (κ3) is 5.05. The van der Waals surface area contributed by atoms with Gasteiger partial charge in [0.1, 0.15) is 0 Å². The minimum Gasteiger partial charge on any atom is -0.471 e. The van der Waals surface area contributed by atoms with Gasteiger partial charge in [0, 0.05) is 24.3 Å². The molecule has 2 unspecified atom stereocenters. The van der Waals surface area contributed by atoms with E-state index in [0.717, 1.165) is 25.6 Å². The molecule has 0 saturated carbocycles. The van der Waals surface area contributed by atoms with E-state index >= 15 is 0 Å². The van der Waals surface area contributed by atoms with Crippen LogP contribution in [0.3, 0.4) is 0 Å². The molecule has 1 aliphatic rings. The molecule has 0 aromatic carbocycles. The molecule has 2 N–H and O–H groups in total. The monoisotopic (exact) mass is 349 g/mol. The van der Waals surface area contributed by atoms with Crippen molar-refractivity contribution in [1.82, 2.24) is 15.6 Å². The van der Waals surface area contributed by atoms with E-state index in [1.807, 2.05) is 6.92 Å². The maximum Gasteiger partial charge on any atom is 0.340 e. The number of piperidine rings is 1.